The Morgan fingerprint density at radius 1 is 1.09 bits per heavy atom. The van der Waals surface area contributed by atoms with Gasteiger partial charge in [-0.3, -0.25) is 9.59 Å². The van der Waals surface area contributed by atoms with Crippen LogP contribution in [0.2, 0.25) is 0 Å². The van der Waals surface area contributed by atoms with Crippen LogP contribution in [-0.4, -0.2) is 32.6 Å². The Kier molecular flexibility index (Phi) is 4.65. The molecule has 0 bridgehead atoms. The van der Waals surface area contributed by atoms with E-state index in [-0.39, 0.29) is 11.8 Å². The smallest absolute Gasteiger partial charge is 0.226 e. The number of rotatable bonds is 7. The average molecular weight is 313 g/mol. The molecule has 2 N–H and O–H groups in total. The number of aryl methyl sites for hydroxylation is 1. The summed E-state index contributed by atoms with van der Waals surface area (Å²) in [5, 5.41) is 13.2. The standard InChI is InChI=1S/C16H19N5O2/c22-15(7-8-21-10-17-18-11-21)19-13-3-1-12(2-4-13)9-16(23)20-14-5-6-14/h1-4,10-11,14H,5-9H2,(H,19,22)(H,20,23). The summed E-state index contributed by atoms with van der Waals surface area (Å²) in [4.78, 5) is 23.6. The fourth-order valence-corrected chi connectivity index (χ4v) is 2.19. The summed E-state index contributed by atoms with van der Waals surface area (Å²) in [5.41, 5.74) is 1.66. The molecule has 0 atom stereocenters. The first kappa shape index (κ1) is 15.2. The van der Waals surface area contributed by atoms with Crippen molar-refractivity contribution in [1.29, 1.82) is 0 Å². The predicted molar refractivity (Wildman–Crippen MR) is 84.6 cm³/mol. The summed E-state index contributed by atoms with van der Waals surface area (Å²) < 4.78 is 1.75. The maximum absolute atomic E-state index is 11.9. The molecule has 0 spiro atoms. The molecular formula is C16H19N5O2. The highest BCUT2D eigenvalue weighted by atomic mass is 16.2. The first-order valence-electron chi connectivity index (χ1n) is 7.69. The maximum atomic E-state index is 11.9. The Labute approximate surface area is 134 Å². The molecule has 23 heavy (non-hydrogen) atoms. The van der Waals surface area contributed by atoms with Gasteiger partial charge in [0.15, 0.2) is 0 Å². The molecule has 0 radical (unpaired) electrons. The van der Waals surface area contributed by atoms with Gasteiger partial charge in [0, 0.05) is 24.7 Å². The van der Waals surface area contributed by atoms with E-state index in [0.717, 1.165) is 24.1 Å². The highest BCUT2D eigenvalue weighted by Crippen LogP contribution is 2.19. The van der Waals surface area contributed by atoms with Gasteiger partial charge >= 0.3 is 0 Å². The molecule has 0 saturated heterocycles. The minimum atomic E-state index is -0.0714. The van der Waals surface area contributed by atoms with Crippen LogP contribution < -0.4 is 10.6 Å². The topological polar surface area (TPSA) is 88.9 Å². The molecule has 1 fully saturated rings. The SMILES string of the molecule is O=C(CCn1cnnc1)Nc1ccc(CC(=O)NC2CC2)cc1. The third-order valence-corrected chi connectivity index (χ3v) is 3.61. The normalized spacial score (nSPS) is 13.6. The number of nitrogens with zero attached hydrogens (tertiary/aromatic N) is 3. The summed E-state index contributed by atoms with van der Waals surface area (Å²) >= 11 is 0. The molecule has 0 aliphatic heterocycles. The highest BCUT2D eigenvalue weighted by Gasteiger charge is 2.22. The molecule has 1 aliphatic rings. The first-order valence-corrected chi connectivity index (χ1v) is 7.69. The van der Waals surface area contributed by atoms with Gasteiger partial charge in [-0.1, -0.05) is 12.1 Å². The summed E-state index contributed by atoms with van der Waals surface area (Å²) in [6.07, 6.45) is 6.06. The van der Waals surface area contributed by atoms with E-state index in [1.165, 1.54) is 0 Å². The van der Waals surface area contributed by atoms with Gasteiger partial charge in [-0.2, -0.15) is 0 Å². The lowest BCUT2D eigenvalue weighted by molar-refractivity contribution is -0.120. The molecule has 3 rings (SSSR count). The number of amides is 2. The van der Waals surface area contributed by atoms with Crippen molar-refractivity contribution in [3.05, 3.63) is 42.5 Å². The minimum Gasteiger partial charge on any atom is -0.353 e. The van der Waals surface area contributed by atoms with Crippen molar-refractivity contribution in [2.75, 3.05) is 5.32 Å². The van der Waals surface area contributed by atoms with E-state index in [1.807, 2.05) is 24.3 Å². The predicted octanol–water partition coefficient (Wildman–Crippen LogP) is 1.13. The second kappa shape index (κ2) is 7.04. The zero-order valence-corrected chi connectivity index (χ0v) is 12.7. The van der Waals surface area contributed by atoms with Gasteiger partial charge in [-0.15, -0.1) is 10.2 Å². The van der Waals surface area contributed by atoms with Gasteiger partial charge in [0.1, 0.15) is 12.7 Å². The summed E-state index contributed by atoms with van der Waals surface area (Å²) in [6.45, 7) is 0.540. The Bertz CT molecular complexity index is 662. The van der Waals surface area contributed by atoms with Crippen LogP contribution in [0.25, 0.3) is 0 Å². The molecule has 120 valence electrons. The molecule has 2 aromatic rings. The summed E-state index contributed by atoms with van der Waals surface area (Å²) in [6, 6.07) is 7.74. The Morgan fingerprint density at radius 2 is 1.78 bits per heavy atom. The van der Waals surface area contributed by atoms with Gasteiger partial charge in [-0.25, -0.2) is 0 Å². The zero-order chi connectivity index (χ0) is 16.1. The lowest BCUT2D eigenvalue weighted by Crippen LogP contribution is -2.26. The van der Waals surface area contributed by atoms with Crippen LogP contribution in [0.1, 0.15) is 24.8 Å². The van der Waals surface area contributed by atoms with Crippen LogP contribution in [0, 0.1) is 0 Å². The van der Waals surface area contributed by atoms with Crippen molar-refractivity contribution in [3.8, 4) is 0 Å². The number of carbonyl (C=O) groups excluding carboxylic acids is 2. The third kappa shape index (κ3) is 4.91. The molecule has 1 aromatic heterocycles. The Balaban J connectivity index is 1.44. The van der Waals surface area contributed by atoms with Crippen molar-refractivity contribution < 1.29 is 9.59 Å². The largest absolute Gasteiger partial charge is 0.353 e. The molecule has 1 saturated carbocycles. The zero-order valence-electron chi connectivity index (χ0n) is 12.7. The molecule has 1 aromatic carbocycles. The first-order chi connectivity index (χ1) is 11.2. The maximum Gasteiger partial charge on any atom is 0.226 e. The fourth-order valence-electron chi connectivity index (χ4n) is 2.19. The highest BCUT2D eigenvalue weighted by molar-refractivity contribution is 5.90. The van der Waals surface area contributed by atoms with Crippen molar-refractivity contribution in [2.45, 2.75) is 38.3 Å². The van der Waals surface area contributed by atoms with E-state index in [2.05, 4.69) is 20.8 Å². The van der Waals surface area contributed by atoms with Crippen LogP contribution in [0.15, 0.2) is 36.9 Å². The lowest BCUT2D eigenvalue weighted by atomic mass is 10.1. The van der Waals surface area contributed by atoms with Gasteiger partial charge in [0.25, 0.3) is 0 Å². The van der Waals surface area contributed by atoms with E-state index in [0.29, 0.717) is 25.4 Å². The van der Waals surface area contributed by atoms with Gasteiger partial charge in [0.05, 0.1) is 6.42 Å². The number of hydrogen-bond donors (Lipinski definition) is 2. The molecule has 7 nitrogen and oxygen atoms in total. The van der Waals surface area contributed by atoms with E-state index < -0.39 is 0 Å². The van der Waals surface area contributed by atoms with Crippen molar-refractivity contribution >= 4 is 17.5 Å². The van der Waals surface area contributed by atoms with Crippen LogP contribution in [0.3, 0.4) is 0 Å². The molecule has 2 amide bonds. The van der Waals surface area contributed by atoms with Crippen LogP contribution in [0.5, 0.6) is 0 Å². The quantitative estimate of drug-likeness (QED) is 0.802. The fraction of sp³-hybridized carbons (Fsp3) is 0.375. The van der Waals surface area contributed by atoms with Gasteiger partial charge < -0.3 is 15.2 Å². The van der Waals surface area contributed by atoms with Crippen molar-refractivity contribution in [1.82, 2.24) is 20.1 Å². The molecule has 1 heterocycles. The lowest BCUT2D eigenvalue weighted by Gasteiger charge is -2.07. The summed E-state index contributed by atoms with van der Waals surface area (Å²) in [5.74, 6) is -0.0175. The molecular weight excluding hydrogens is 294 g/mol. The molecule has 0 unspecified atom stereocenters. The van der Waals surface area contributed by atoms with Crippen molar-refractivity contribution in [2.24, 2.45) is 0 Å². The van der Waals surface area contributed by atoms with Gasteiger partial charge in [-0.05, 0) is 30.5 Å². The number of nitrogens with one attached hydrogen (secondary N) is 2. The number of carbonyl (C=O) groups is 2. The van der Waals surface area contributed by atoms with E-state index >= 15 is 0 Å². The Morgan fingerprint density at radius 3 is 2.43 bits per heavy atom. The second-order valence-corrected chi connectivity index (χ2v) is 5.71. The monoisotopic (exact) mass is 313 g/mol. The third-order valence-electron chi connectivity index (χ3n) is 3.61. The van der Waals surface area contributed by atoms with Gasteiger partial charge in [0.2, 0.25) is 11.8 Å². The minimum absolute atomic E-state index is 0.0539. The van der Waals surface area contributed by atoms with Crippen LogP contribution in [0.4, 0.5) is 5.69 Å². The van der Waals surface area contributed by atoms with E-state index in [1.54, 1.807) is 17.2 Å². The van der Waals surface area contributed by atoms with Crippen LogP contribution in [-0.2, 0) is 22.6 Å². The average Bonchev–Trinajstić information content (AvgIpc) is 3.18. The molecule has 1 aliphatic carbocycles. The van der Waals surface area contributed by atoms with Crippen LogP contribution >= 0.6 is 0 Å². The van der Waals surface area contributed by atoms with Crippen molar-refractivity contribution in [3.63, 3.8) is 0 Å². The number of hydrogen-bond acceptors (Lipinski definition) is 4. The second-order valence-electron chi connectivity index (χ2n) is 5.71. The van der Waals surface area contributed by atoms with E-state index in [4.69, 9.17) is 0 Å². The molecule has 7 heteroatoms. The number of anilines is 1. The summed E-state index contributed by atoms with van der Waals surface area (Å²) in [7, 11) is 0. The van der Waals surface area contributed by atoms with E-state index in [9.17, 15) is 9.59 Å². The number of benzene rings is 1. The number of aromatic nitrogens is 3. The Hall–Kier alpha value is -2.70.